The van der Waals surface area contributed by atoms with Crippen LogP contribution < -0.4 is 0 Å². The molecule has 3 aromatic heterocycles. The van der Waals surface area contributed by atoms with Crippen molar-refractivity contribution in [2.45, 2.75) is 26.3 Å². The fourth-order valence-electron chi connectivity index (χ4n) is 2.23. The van der Waals surface area contributed by atoms with Crippen LogP contribution in [0.5, 0.6) is 6.01 Å². The van der Waals surface area contributed by atoms with Gasteiger partial charge in [0.05, 0.1) is 11.2 Å². The molecular weight excluding hydrogens is 278 g/mol. The molecule has 1 atom stereocenters. The van der Waals surface area contributed by atoms with Gasteiger partial charge in [-0.15, -0.1) is 0 Å². The zero-order valence-corrected chi connectivity index (χ0v) is 11.9. The Balaban J connectivity index is 2.41. The van der Waals surface area contributed by atoms with Gasteiger partial charge in [0, 0.05) is 18.4 Å². The van der Waals surface area contributed by atoms with Gasteiger partial charge in [0.25, 0.3) is 6.01 Å². The first-order chi connectivity index (χ1) is 9.63. The maximum atomic E-state index is 10.1. The summed E-state index contributed by atoms with van der Waals surface area (Å²) in [4.78, 5) is 8.29. The molecule has 0 unspecified atom stereocenters. The zero-order chi connectivity index (χ0) is 14.3. The van der Waals surface area contributed by atoms with Crippen molar-refractivity contribution in [1.82, 2.24) is 24.3 Å². The lowest BCUT2D eigenvalue weighted by atomic mass is 10.2. The number of aromatic nitrogens is 5. The van der Waals surface area contributed by atoms with Crippen LogP contribution in [0.2, 0.25) is 5.02 Å². The Morgan fingerprint density at radius 3 is 2.90 bits per heavy atom. The Labute approximate surface area is 120 Å². The summed E-state index contributed by atoms with van der Waals surface area (Å²) in [5.74, 6) is 0. The molecule has 0 saturated heterocycles. The summed E-state index contributed by atoms with van der Waals surface area (Å²) in [5, 5.41) is 14.8. The van der Waals surface area contributed by atoms with Crippen LogP contribution in [-0.2, 0) is 0 Å². The zero-order valence-electron chi connectivity index (χ0n) is 11.2. The van der Waals surface area contributed by atoms with Gasteiger partial charge in [-0.05, 0) is 19.4 Å². The summed E-state index contributed by atoms with van der Waals surface area (Å²) in [6.07, 6.45) is 5.84. The molecule has 104 valence electrons. The third-order valence-corrected chi connectivity index (χ3v) is 3.67. The van der Waals surface area contributed by atoms with Crippen molar-refractivity contribution in [2.24, 2.45) is 0 Å². The van der Waals surface area contributed by atoms with Crippen molar-refractivity contribution in [3.8, 4) is 11.7 Å². The third-order valence-electron chi connectivity index (χ3n) is 3.39. The fraction of sp³-hybridized carbons (Fsp3) is 0.308. The van der Waals surface area contributed by atoms with E-state index in [0.717, 1.165) is 6.42 Å². The Morgan fingerprint density at radius 1 is 1.45 bits per heavy atom. The van der Waals surface area contributed by atoms with Crippen LogP contribution in [0.15, 0.2) is 24.7 Å². The topological polar surface area (TPSA) is 68.8 Å². The van der Waals surface area contributed by atoms with E-state index in [1.165, 1.54) is 6.20 Å². The minimum atomic E-state index is -0.0578. The number of nitrogens with zero attached hydrogens (tertiary/aromatic N) is 5. The number of aromatic hydroxyl groups is 1. The first-order valence-electron chi connectivity index (χ1n) is 6.39. The van der Waals surface area contributed by atoms with Gasteiger partial charge in [-0.2, -0.15) is 10.1 Å². The van der Waals surface area contributed by atoms with Crippen LogP contribution >= 0.6 is 11.6 Å². The van der Waals surface area contributed by atoms with Crippen molar-refractivity contribution in [3.63, 3.8) is 0 Å². The Bertz CT molecular complexity index is 750. The van der Waals surface area contributed by atoms with Crippen LogP contribution in [0.3, 0.4) is 0 Å². The molecule has 0 radical (unpaired) electrons. The highest BCUT2D eigenvalue weighted by atomic mass is 35.5. The molecule has 3 heterocycles. The molecule has 0 saturated carbocycles. The SMILES string of the molecule is CC[C@@H](C)n1c(O)nc2ncc(Cl)c(-n3cccn3)c21. The summed E-state index contributed by atoms with van der Waals surface area (Å²) in [6, 6.07) is 1.83. The van der Waals surface area contributed by atoms with Crippen molar-refractivity contribution in [1.29, 1.82) is 0 Å². The monoisotopic (exact) mass is 291 g/mol. The van der Waals surface area contributed by atoms with Gasteiger partial charge in [-0.25, -0.2) is 9.67 Å². The Hall–Kier alpha value is -2.08. The largest absolute Gasteiger partial charge is 0.480 e. The smallest absolute Gasteiger partial charge is 0.296 e. The second-order valence-corrected chi connectivity index (χ2v) is 5.02. The lowest BCUT2D eigenvalue weighted by molar-refractivity contribution is 0.376. The molecule has 7 heteroatoms. The van der Waals surface area contributed by atoms with E-state index in [-0.39, 0.29) is 12.1 Å². The summed E-state index contributed by atoms with van der Waals surface area (Å²) in [5.41, 5.74) is 1.82. The van der Waals surface area contributed by atoms with Crippen LogP contribution in [0.1, 0.15) is 26.3 Å². The van der Waals surface area contributed by atoms with Crippen molar-refractivity contribution >= 4 is 22.8 Å². The van der Waals surface area contributed by atoms with Crippen molar-refractivity contribution in [2.75, 3.05) is 0 Å². The molecular formula is C13H14ClN5O. The summed E-state index contributed by atoms with van der Waals surface area (Å²) in [7, 11) is 0. The van der Waals surface area contributed by atoms with Gasteiger partial charge in [-0.3, -0.25) is 4.57 Å². The second kappa shape index (κ2) is 4.79. The van der Waals surface area contributed by atoms with Crippen LogP contribution in [0.25, 0.3) is 16.9 Å². The van der Waals surface area contributed by atoms with Gasteiger partial charge < -0.3 is 5.11 Å². The highest BCUT2D eigenvalue weighted by molar-refractivity contribution is 6.33. The van der Waals surface area contributed by atoms with Gasteiger partial charge in [-0.1, -0.05) is 18.5 Å². The number of imidazole rings is 1. The number of hydrogen-bond acceptors (Lipinski definition) is 4. The fourth-order valence-corrected chi connectivity index (χ4v) is 2.46. The predicted molar refractivity (Wildman–Crippen MR) is 76.3 cm³/mol. The lowest BCUT2D eigenvalue weighted by Gasteiger charge is -2.15. The molecule has 0 aliphatic carbocycles. The maximum absolute atomic E-state index is 10.1. The van der Waals surface area contributed by atoms with E-state index in [1.54, 1.807) is 21.6 Å². The molecule has 6 nitrogen and oxygen atoms in total. The molecule has 3 rings (SSSR count). The number of pyridine rings is 1. The van der Waals surface area contributed by atoms with Crippen molar-refractivity contribution in [3.05, 3.63) is 29.7 Å². The van der Waals surface area contributed by atoms with E-state index >= 15 is 0 Å². The van der Waals surface area contributed by atoms with Gasteiger partial charge in [0.15, 0.2) is 5.65 Å². The molecule has 0 bridgehead atoms. The van der Waals surface area contributed by atoms with E-state index in [9.17, 15) is 5.11 Å². The average molecular weight is 292 g/mol. The molecule has 0 aliphatic heterocycles. The van der Waals surface area contributed by atoms with E-state index < -0.39 is 0 Å². The quantitative estimate of drug-likeness (QED) is 0.805. The van der Waals surface area contributed by atoms with E-state index in [2.05, 4.69) is 15.1 Å². The number of fused-ring (bicyclic) bond motifs is 1. The Morgan fingerprint density at radius 2 is 2.25 bits per heavy atom. The molecule has 0 fully saturated rings. The predicted octanol–water partition coefficient (Wildman–Crippen LogP) is 2.95. The second-order valence-electron chi connectivity index (χ2n) is 4.62. The number of hydrogen-bond donors (Lipinski definition) is 1. The average Bonchev–Trinajstić information content (AvgIpc) is 3.05. The van der Waals surface area contributed by atoms with E-state index in [1.807, 2.05) is 19.9 Å². The molecule has 0 amide bonds. The maximum Gasteiger partial charge on any atom is 0.296 e. The number of rotatable bonds is 3. The minimum absolute atomic E-state index is 0.0578. The minimum Gasteiger partial charge on any atom is -0.480 e. The van der Waals surface area contributed by atoms with Gasteiger partial charge in [0.2, 0.25) is 0 Å². The highest BCUT2D eigenvalue weighted by Gasteiger charge is 2.21. The normalized spacial score (nSPS) is 12.9. The molecule has 20 heavy (non-hydrogen) atoms. The van der Waals surface area contributed by atoms with E-state index in [0.29, 0.717) is 21.9 Å². The first kappa shape index (κ1) is 12.9. The molecule has 1 N–H and O–H groups in total. The standard InChI is InChI=1S/C13H14ClN5O/c1-3-8(2)19-11-10(18-6-4-5-16-18)9(14)7-15-12(11)17-13(19)20/h4-8H,3H2,1-2H3,(H,15,17,20)/t8-/m1/s1. The third kappa shape index (κ3) is 1.84. The van der Waals surface area contributed by atoms with Crippen molar-refractivity contribution < 1.29 is 5.11 Å². The molecule has 0 aromatic carbocycles. The first-order valence-corrected chi connectivity index (χ1v) is 6.76. The Kier molecular flexibility index (Phi) is 3.10. The highest BCUT2D eigenvalue weighted by Crippen LogP contribution is 2.33. The van der Waals surface area contributed by atoms with E-state index in [4.69, 9.17) is 11.6 Å². The molecule has 0 spiro atoms. The summed E-state index contributed by atoms with van der Waals surface area (Å²) < 4.78 is 3.40. The van der Waals surface area contributed by atoms with Gasteiger partial charge >= 0.3 is 0 Å². The lowest BCUT2D eigenvalue weighted by Crippen LogP contribution is -2.07. The van der Waals surface area contributed by atoms with Gasteiger partial charge in [0.1, 0.15) is 11.2 Å². The van der Waals surface area contributed by atoms with Crippen LogP contribution in [0.4, 0.5) is 0 Å². The summed E-state index contributed by atoms with van der Waals surface area (Å²) in [6.45, 7) is 4.05. The molecule has 3 aromatic rings. The summed E-state index contributed by atoms with van der Waals surface area (Å²) >= 11 is 6.28. The van der Waals surface area contributed by atoms with Crippen LogP contribution in [0, 0.1) is 0 Å². The van der Waals surface area contributed by atoms with Crippen LogP contribution in [-0.4, -0.2) is 29.4 Å². The molecule has 0 aliphatic rings. The number of halogens is 1.